The Balaban J connectivity index is 1.97. The lowest BCUT2D eigenvalue weighted by Crippen LogP contribution is -2.20. The summed E-state index contributed by atoms with van der Waals surface area (Å²) in [5.41, 5.74) is 4.36. The SMILES string of the molecule is Cc1ccc(-c2cc(C(F)F)nc3sc(C(N)=O)c(NC(=O)c4c([N+](=O)[O-])cnn4C)c23)s1. The van der Waals surface area contributed by atoms with Crippen molar-refractivity contribution in [3.8, 4) is 10.4 Å². The molecule has 0 aliphatic rings. The number of anilines is 1. The highest BCUT2D eigenvalue weighted by Gasteiger charge is 2.30. The number of nitro groups is 1. The van der Waals surface area contributed by atoms with E-state index in [1.54, 1.807) is 12.1 Å². The first kappa shape index (κ1) is 22.4. The summed E-state index contributed by atoms with van der Waals surface area (Å²) in [6, 6.07) is 4.72. The summed E-state index contributed by atoms with van der Waals surface area (Å²) in [7, 11) is 1.35. The van der Waals surface area contributed by atoms with Crippen molar-refractivity contribution in [2.75, 3.05) is 5.32 Å². The Labute approximate surface area is 191 Å². The summed E-state index contributed by atoms with van der Waals surface area (Å²) < 4.78 is 28.1. The van der Waals surface area contributed by atoms with E-state index in [2.05, 4.69) is 15.4 Å². The number of nitrogens with zero attached hydrogens (tertiary/aromatic N) is 4. The number of nitrogens with one attached hydrogen (secondary N) is 1. The Morgan fingerprint density at radius 2 is 2.03 bits per heavy atom. The van der Waals surface area contributed by atoms with Crippen LogP contribution in [0.15, 0.2) is 24.4 Å². The normalized spacial score (nSPS) is 11.3. The number of nitrogens with two attached hydrogens (primary N) is 1. The van der Waals surface area contributed by atoms with Gasteiger partial charge in [-0.25, -0.2) is 13.8 Å². The standard InChI is InChI=1S/C19H14F2N6O4S2/c1-7-3-4-11(32-7)8-5-9(16(20)21)24-19-12(8)13(15(33-19)17(22)28)25-18(29)14-10(27(30)31)6-23-26(14)2/h3-6,16H,1-2H3,(H2,22,28)(H,25,29). The van der Waals surface area contributed by atoms with Crippen LogP contribution in [-0.2, 0) is 7.05 Å². The Morgan fingerprint density at radius 3 is 2.61 bits per heavy atom. The molecule has 10 nitrogen and oxygen atoms in total. The molecule has 14 heteroatoms. The van der Waals surface area contributed by atoms with E-state index in [-0.39, 0.29) is 26.5 Å². The van der Waals surface area contributed by atoms with Crippen molar-refractivity contribution < 1.29 is 23.3 Å². The molecule has 0 fully saturated rings. The molecule has 0 radical (unpaired) electrons. The molecule has 0 saturated carbocycles. The van der Waals surface area contributed by atoms with Crippen molar-refractivity contribution in [2.24, 2.45) is 12.8 Å². The van der Waals surface area contributed by atoms with E-state index in [4.69, 9.17) is 5.73 Å². The number of pyridine rings is 1. The van der Waals surface area contributed by atoms with Gasteiger partial charge in [0.1, 0.15) is 21.6 Å². The third-order valence-corrected chi connectivity index (χ3v) is 6.84. The van der Waals surface area contributed by atoms with E-state index in [0.29, 0.717) is 10.4 Å². The summed E-state index contributed by atoms with van der Waals surface area (Å²) in [5.74, 6) is -1.84. The number of alkyl halides is 2. The molecule has 0 bridgehead atoms. The van der Waals surface area contributed by atoms with Crippen molar-refractivity contribution in [1.29, 1.82) is 0 Å². The second-order valence-electron chi connectivity index (χ2n) is 6.87. The highest BCUT2D eigenvalue weighted by atomic mass is 32.1. The van der Waals surface area contributed by atoms with Crippen LogP contribution in [0.1, 0.15) is 37.2 Å². The van der Waals surface area contributed by atoms with Gasteiger partial charge in [0.25, 0.3) is 18.2 Å². The zero-order valence-corrected chi connectivity index (χ0v) is 18.6. The summed E-state index contributed by atoms with van der Waals surface area (Å²) in [5, 5.41) is 17.8. The van der Waals surface area contributed by atoms with Crippen LogP contribution in [-0.4, -0.2) is 31.5 Å². The van der Waals surface area contributed by atoms with E-state index in [1.807, 2.05) is 6.92 Å². The number of aryl methyl sites for hydroxylation is 2. The predicted molar refractivity (Wildman–Crippen MR) is 119 cm³/mol. The van der Waals surface area contributed by atoms with Gasteiger partial charge in [-0.2, -0.15) is 5.10 Å². The molecule has 0 unspecified atom stereocenters. The van der Waals surface area contributed by atoms with Gasteiger partial charge >= 0.3 is 5.69 Å². The number of hydrogen-bond donors (Lipinski definition) is 2. The summed E-state index contributed by atoms with van der Waals surface area (Å²) in [6.45, 7) is 1.84. The number of amides is 2. The molecule has 0 aliphatic carbocycles. The Bertz CT molecular complexity index is 1440. The number of halogens is 2. The van der Waals surface area contributed by atoms with Gasteiger partial charge in [0.2, 0.25) is 5.69 Å². The number of aromatic nitrogens is 3. The fourth-order valence-electron chi connectivity index (χ4n) is 3.29. The summed E-state index contributed by atoms with van der Waals surface area (Å²) >= 11 is 2.08. The average Bonchev–Trinajstić information content (AvgIpc) is 3.44. The van der Waals surface area contributed by atoms with Crippen LogP contribution in [0.2, 0.25) is 0 Å². The molecule has 170 valence electrons. The molecule has 3 N–H and O–H groups in total. The number of rotatable bonds is 6. The first-order valence-corrected chi connectivity index (χ1v) is 10.8. The first-order valence-electron chi connectivity index (χ1n) is 9.18. The second-order valence-corrected chi connectivity index (χ2v) is 9.16. The highest BCUT2D eigenvalue weighted by Crippen LogP contribution is 2.44. The Hall–Kier alpha value is -3.78. The molecule has 0 saturated heterocycles. The van der Waals surface area contributed by atoms with Crippen molar-refractivity contribution in [3.05, 3.63) is 55.7 Å². The number of thiophene rings is 2. The number of carbonyl (C=O) groups excluding carboxylic acids is 2. The molecular weight excluding hydrogens is 478 g/mol. The number of fused-ring (bicyclic) bond motifs is 1. The highest BCUT2D eigenvalue weighted by molar-refractivity contribution is 7.21. The summed E-state index contributed by atoms with van der Waals surface area (Å²) in [6.07, 6.45) is -1.95. The van der Waals surface area contributed by atoms with Crippen molar-refractivity contribution in [1.82, 2.24) is 14.8 Å². The topological polar surface area (TPSA) is 146 Å². The van der Waals surface area contributed by atoms with Crippen molar-refractivity contribution in [3.63, 3.8) is 0 Å². The van der Waals surface area contributed by atoms with Crippen LogP contribution < -0.4 is 11.1 Å². The van der Waals surface area contributed by atoms with Crippen LogP contribution in [0.4, 0.5) is 20.2 Å². The molecule has 0 atom stereocenters. The lowest BCUT2D eigenvalue weighted by atomic mass is 10.1. The Morgan fingerprint density at radius 1 is 1.30 bits per heavy atom. The smallest absolute Gasteiger partial charge is 0.320 e. The van der Waals surface area contributed by atoms with Gasteiger partial charge in [-0.3, -0.25) is 24.4 Å². The molecule has 4 aromatic heterocycles. The molecule has 4 rings (SSSR count). The molecule has 0 aliphatic heterocycles. The maximum absolute atomic E-state index is 13.5. The monoisotopic (exact) mass is 492 g/mol. The zero-order valence-electron chi connectivity index (χ0n) is 17.0. The van der Waals surface area contributed by atoms with Gasteiger partial charge in [0, 0.05) is 27.8 Å². The minimum atomic E-state index is -2.87. The van der Waals surface area contributed by atoms with Gasteiger partial charge in [0.15, 0.2) is 0 Å². The molecule has 4 aromatic rings. The van der Waals surface area contributed by atoms with Gasteiger partial charge in [-0.1, -0.05) is 0 Å². The number of primary amides is 1. The molecule has 33 heavy (non-hydrogen) atoms. The fraction of sp³-hybridized carbons (Fsp3) is 0.158. The van der Waals surface area contributed by atoms with Crippen LogP contribution in [0.3, 0.4) is 0 Å². The molecule has 4 heterocycles. The number of hydrogen-bond acceptors (Lipinski definition) is 8. The first-order chi connectivity index (χ1) is 15.6. The summed E-state index contributed by atoms with van der Waals surface area (Å²) in [4.78, 5) is 41.1. The van der Waals surface area contributed by atoms with E-state index < -0.39 is 34.5 Å². The predicted octanol–water partition coefficient (Wildman–Crippen LogP) is 4.26. The third kappa shape index (κ3) is 3.93. The van der Waals surface area contributed by atoms with Gasteiger partial charge in [0.05, 0.1) is 10.6 Å². The third-order valence-electron chi connectivity index (χ3n) is 4.70. The lowest BCUT2D eigenvalue weighted by molar-refractivity contribution is -0.385. The lowest BCUT2D eigenvalue weighted by Gasteiger charge is -2.10. The molecule has 0 aromatic carbocycles. The van der Waals surface area contributed by atoms with Gasteiger partial charge in [-0.15, -0.1) is 22.7 Å². The molecule has 2 amide bonds. The van der Waals surface area contributed by atoms with Gasteiger partial charge in [-0.05, 0) is 25.1 Å². The van der Waals surface area contributed by atoms with Crippen molar-refractivity contribution in [2.45, 2.75) is 13.3 Å². The molecule has 0 spiro atoms. The second kappa shape index (κ2) is 8.29. The van der Waals surface area contributed by atoms with E-state index in [9.17, 15) is 28.5 Å². The fourth-order valence-corrected chi connectivity index (χ4v) is 5.20. The van der Waals surface area contributed by atoms with Crippen LogP contribution in [0, 0.1) is 17.0 Å². The maximum atomic E-state index is 13.5. The largest absolute Gasteiger partial charge is 0.365 e. The van der Waals surface area contributed by atoms with E-state index >= 15 is 0 Å². The minimum Gasteiger partial charge on any atom is -0.365 e. The molecular formula is C19H14F2N6O4S2. The van der Waals surface area contributed by atoms with Crippen LogP contribution in [0.25, 0.3) is 20.7 Å². The quantitative estimate of drug-likeness (QED) is 0.304. The van der Waals surface area contributed by atoms with E-state index in [0.717, 1.165) is 27.1 Å². The van der Waals surface area contributed by atoms with Gasteiger partial charge < -0.3 is 11.1 Å². The minimum absolute atomic E-state index is 0.0580. The zero-order chi connectivity index (χ0) is 24.0. The van der Waals surface area contributed by atoms with Crippen molar-refractivity contribution >= 4 is 56.1 Å². The van der Waals surface area contributed by atoms with E-state index in [1.165, 1.54) is 24.5 Å². The van der Waals surface area contributed by atoms with Crippen LogP contribution in [0.5, 0.6) is 0 Å². The van der Waals surface area contributed by atoms with Crippen LogP contribution >= 0.6 is 22.7 Å². The number of carbonyl (C=O) groups is 2. The maximum Gasteiger partial charge on any atom is 0.320 e. The Kier molecular flexibility index (Phi) is 5.63. The average molecular weight is 492 g/mol.